The van der Waals surface area contributed by atoms with E-state index in [9.17, 15) is 13.2 Å². The molecule has 0 aromatic carbocycles. The normalized spacial score (nSPS) is 20.4. The fourth-order valence-corrected chi connectivity index (χ4v) is 3.94. The maximum Gasteiger partial charge on any atom is 0.225 e. The van der Waals surface area contributed by atoms with Gasteiger partial charge in [-0.15, -0.1) is 0 Å². The second-order valence-corrected chi connectivity index (χ2v) is 8.05. The number of carbonyl (C=O) groups excluding carboxylic acids is 1. The van der Waals surface area contributed by atoms with E-state index in [4.69, 9.17) is 0 Å². The number of rotatable bonds is 5. The number of nitrogens with one attached hydrogen (secondary N) is 2. The van der Waals surface area contributed by atoms with Crippen molar-refractivity contribution in [2.45, 2.75) is 32.7 Å². The zero-order chi connectivity index (χ0) is 15.5. The van der Waals surface area contributed by atoms with E-state index in [-0.39, 0.29) is 23.5 Å². The fourth-order valence-electron chi connectivity index (χ4n) is 2.26. The van der Waals surface area contributed by atoms with Crippen LogP contribution in [0.1, 0.15) is 26.7 Å². The molecule has 1 aliphatic rings. The van der Waals surface area contributed by atoms with Gasteiger partial charge in [-0.25, -0.2) is 13.4 Å². The molecule has 1 aromatic heterocycles. The summed E-state index contributed by atoms with van der Waals surface area (Å²) in [7, 11) is -2.89. The molecule has 0 bridgehead atoms. The van der Waals surface area contributed by atoms with E-state index >= 15 is 0 Å². The first kappa shape index (κ1) is 15.8. The molecule has 116 valence electrons. The van der Waals surface area contributed by atoms with Gasteiger partial charge < -0.3 is 10.6 Å². The third kappa shape index (κ3) is 5.00. The number of hydrogen-bond acceptors (Lipinski definition) is 5. The zero-order valence-corrected chi connectivity index (χ0v) is 13.1. The Kier molecular flexibility index (Phi) is 4.82. The number of nitrogens with zero attached hydrogens (tertiary/aromatic N) is 1. The van der Waals surface area contributed by atoms with Gasteiger partial charge in [-0.1, -0.05) is 13.8 Å². The second kappa shape index (κ2) is 6.43. The summed E-state index contributed by atoms with van der Waals surface area (Å²) in [6, 6.07) is 3.45. The minimum atomic E-state index is -2.89. The Bertz CT molecular complexity index is 596. The van der Waals surface area contributed by atoms with Crippen LogP contribution >= 0.6 is 0 Å². The van der Waals surface area contributed by atoms with Crippen LogP contribution in [-0.2, 0) is 14.6 Å². The number of sulfone groups is 1. The standard InChI is InChI=1S/C14H21N3O3S/c1-10(2)7-14(18)17-13-4-3-11(8-15-13)16-12-5-6-21(19,20)9-12/h3-4,8,10,12,16H,5-7,9H2,1-2H3,(H,15,17,18). The van der Waals surface area contributed by atoms with Gasteiger partial charge >= 0.3 is 0 Å². The molecule has 2 N–H and O–H groups in total. The van der Waals surface area contributed by atoms with E-state index in [1.807, 2.05) is 13.8 Å². The topological polar surface area (TPSA) is 88.2 Å². The van der Waals surface area contributed by atoms with Gasteiger partial charge in [0.15, 0.2) is 9.84 Å². The number of carbonyl (C=O) groups is 1. The summed E-state index contributed by atoms with van der Waals surface area (Å²) in [6.45, 7) is 3.96. The first-order chi connectivity index (χ1) is 9.84. The number of hydrogen-bond donors (Lipinski definition) is 2. The minimum absolute atomic E-state index is 0.0555. The van der Waals surface area contributed by atoms with Crippen molar-refractivity contribution < 1.29 is 13.2 Å². The molecular weight excluding hydrogens is 290 g/mol. The van der Waals surface area contributed by atoms with E-state index in [1.54, 1.807) is 18.3 Å². The summed E-state index contributed by atoms with van der Waals surface area (Å²) in [5.41, 5.74) is 0.763. The van der Waals surface area contributed by atoms with Gasteiger partial charge in [0.1, 0.15) is 5.82 Å². The van der Waals surface area contributed by atoms with Crippen LogP contribution in [0, 0.1) is 5.92 Å². The predicted octanol–water partition coefficient (Wildman–Crippen LogP) is 1.67. The first-order valence-electron chi connectivity index (χ1n) is 7.07. The van der Waals surface area contributed by atoms with Crippen molar-refractivity contribution in [1.82, 2.24) is 4.98 Å². The third-order valence-electron chi connectivity index (χ3n) is 3.23. The monoisotopic (exact) mass is 311 g/mol. The molecule has 1 unspecified atom stereocenters. The van der Waals surface area contributed by atoms with Crippen LogP contribution in [0.3, 0.4) is 0 Å². The van der Waals surface area contributed by atoms with Crippen molar-refractivity contribution in [2.75, 3.05) is 22.1 Å². The second-order valence-electron chi connectivity index (χ2n) is 5.82. The molecule has 21 heavy (non-hydrogen) atoms. The average molecular weight is 311 g/mol. The van der Waals surface area contributed by atoms with Crippen LogP contribution in [0.25, 0.3) is 0 Å². The van der Waals surface area contributed by atoms with Crippen LogP contribution in [0.5, 0.6) is 0 Å². The van der Waals surface area contributed by atoms with Gasteiger partial charge in [0.25, 0.3) is 0 Å². The Morgan fingerprint density at radius 2 is 2.19 bits per heavy atom. The molecule has 0 spiro atoms. The molecule has 1 aromatic rings. The maximum atomic E-state index is 11.6. The highest BCUT2D eigenvalue weighted by Crippen LogP contribution is 2.18. The highest BCUT2D eigenvalue weighted by atomic mass is 32.2. The average Bonchev–Trinajstić information content (AvgIpc) is 2.70. The van der Waals surface area contributed by atoms with Gasteiger partial charge in [0.2, 0.25) is 5.91 Å². The lowest BCUT2D eigenvalue weighted by molar-refractivity contribution is -0.116. The molecule has 1 aliphatic heterocycles. The SMILES string of the molecule is CC(C)CC(=O)Nc1ccc(NC2CCS(=O)(=O)C2)cn1. The molecule has 2 rings (SSSR count). The van der Waals surface area contributed by atoms with Crippen molar-refractivity contribution in [3.8, 4) is 0 Å². The fraction of sp³-hybridized carbons (Fsp3) is 0.571. The van der Waals surface area contributed by atoms with Crippen LogP contribution < -0.4 is 10.6 Å². The molecular formula is C14H21N3O3S. The summed E-state index contributed by atoms with van der Waals surface area (Å²) in [4.78, 5) is 15.8. The highest BCUT2D eigenvalue weighted by molar-refractivity contribution is 7.91. The lowest BCUT2D eigenvalue weighted by atomic mass is 10.1. The molecule has 0 aliphatic carbocycles. The largest absolute Gasteiger partial charge is 0.380 e. The van der Waals surface area contributed by atoms with Crippen molar-refractivity contribution in [3.05, 3.63) is 18.3 Å². The smallest absolute Gasteiger partial charge is 0.225 e. The molecule has 1 amide bonds. The summed E-state index contributed by atoms with van der Waals surface area (Å²) in [5.74, 6) is 1.15. The van der Waals surface area contributed by atoms with Crippen molar-refractivity contribution in [3.63, 3.8) is 0 Å². The number of pyridine rings is 1. The highest BCUT2D eigenvalue weighted by Gasteiger charge is 2.27. The number of aromatic nitrogens is 1. The Balaban J connectivity index is 1.89. The maximum absolute atomic E-state index is 11.6. The molecule has 6 nitrogen and oxygen atoms in total. The first-order valence-corrected chi connectivity index (χ1v) is 8.89. The third-order valence-corrected chi connectivity index (χ3v) is 5.00. The molecule has 0 radical (unpaired) electrons. The summed E-state index contributed by atoms with van der Waals surface area (Å²) < 4.78 is 22.8. The van der Waals surface area contributed by atoms with Gasteiger partial charge in [-0.05, 0) is 24.5 Å². The van der Waals surface area contributed by atoms with E-state index in [1.165, 1.54) is 0 Å². The zero-order valence-electron chi connectivity index (χ0n) is 12.3. The molecule has 1 fully saturated rings. The lowest BCUT2D eigenvalue weighted by Crippen LogP contribution is -2.20. The number of amides is 1. The molecule has 7 heteroatoms. The van der Waals surface area contributed by atoms with E-state index in [2.05, 4.69) is 15.6 Å². The van der Waals surface area contributed by atoms with Crippen LogP contribution in [0.2, 0.25) is 0 Å². The predicted molar refractivity (Wildman–Crippen MR) is 83.0 cm³/mol. The Morgan fingerprint density at radius 1 is 1.43 bits per heavy atom. The quantitative estimate of drug-likeness (QED) is 0.863. The van der Waals surface area contributed by atoms with Gasteiger partial charge in [-0.3, -0.25) is 4.79 Å². The van der Waals surface area contributed by atoms with E-state index < -0.39 is 9.84 Å². The minimum Gasteiger partial charge on any atom is -0.380 e. The Labute approximate surface area is 125 Å². The van der Waals surface area contributed by atoms with Crippen LogP contribution in [0.15, 0.2) is 18.3 Å². The van der Waals surface area contributed by atoms with Crippen molar-refractivity contribution >= 4 is 27.2 Å². The molecule has 1 saturated heterocycles. The lowest BCUT2D eigenvalue weighted by Gasteiger charge is -2.12. The van der Waals surface area contributed by atoms with Crippen LogP contribution in [-0.4, -0.2) is 36.9 Å². The Morgan fingerprint density at radius 3 is 2.71 bits per heavy atom. The number of anilines is 2. The summed E-state index contributed by atoms with van der Waals surface area (Å²) >= 11 is 0. The van der Waals surface area contributed by atoms with Gasteiger partial charge in [0, 0.05) is 12.5 Å². The van der Waals surface area contributed by atoms with Crippen molar-refractivity contribution in [1.29, 1.82) is 0 Å². The molecule has 1 atom stereocenters. The summed E-state index contributed by atoms with van der Waals surface area (Å²) in [5, 5.41) is 5.89. The molecule has 2 heterocycles. The van der Waals surface area contributed by atoms with Gasteiger partial charge in [-0.2, -0.15) is 0 Å². The molecule has 0 saturated carbocycles. The van der Waals surface area contributed by atoms with Gasteiger partial charge in [0.05, 0.1) is 23.4 Å². The summed E-state index contributed by atoms with van der Waals surface area (Å²) in [6.07, 6.45) is 2.69. The van der Waals surface area contributed by atoms with Crippen LogP contribution in [0.4, 0.5) is 11.5 Å². The van der Waals surface area contributed by atoms with E-state index in [0.29, 0.717) is 24.6 Å². The Hall–Kier alpha value is -1.63. The van der Waals surface area contributed by atoms with Crippen molar-refractivity contribution in [2.24, 2.45) is 5.92 Å². The van der Waals surface area contributed by atoms with E-state index in [0.717, 1.165) is 5.69 Å².